The van der Waals surface area contributed by atoms with E-state index >= 15 is 0 Å². The van der Waals surface area contributed by atoms with E-state index in [9.17, 15) is 23.3 Å². The second-order valence-electron chi connectivity index (χ2n) is 6.29. The van der Waals surface area contributed by atoms with Gasteiger partial charge in [0.05, 0.1) is 29.5 Å². The van der Waals surface area contributed by atoms with Gasteiger partial charge in [-0.05, 0) is 55.5 Å². The topological polar surface area (TPSA) is 81.7 Å². The molecule has 0 atom stereocenters. The Hall–Kier alpha value is -3.82. The Bertz CT molecular complexity index is 1090. The van der Waals surface area contributed by atoms with E-state index in [1.807, 2.05) is 29.7 Å². The van der Waals surface area contributed by atoms with Crippen molar-refractivity contribution >= 4 is 17.6 Å². The summed E-state index contributed by atoms with van der Waals surface area (Å²) in [7, 11) is 1.57. The van der Waals surface area contributed by atoms with Gasteiger partial charge in [0.2, 0.25) is 0 Å². The van der Waals surface area contributed by atoms with Gasteiger partial charge in [0.25, 0.3) is 5.69 Å². The van der Waals surface area contributed by atoms with Crippen LogP contribution in [-0.4, -0.2) is 22.8 Å². The number of nitrogens with zero attached hydrogens (tertiary/aromatic N) is 3. The highest BCUT2D eigenvalue weighted by Crippen LogP contribution is 2.35. The molecule has 1 heterocycles. The number of nitro benzene ring substituents is 1. The fourth-order valence-corrected chi connectivity index (χ4v) is 2.86. The van der Waals surface area contributed by atoms with Crippen LogP contribution in [0.4, 0.5) is 24.5 Å². The first-order valence-corrected chi connectivity index (χ1v) is 8.68. The van der Waals surface area contributed by atoms with Crippen LogP contribution < -0.4 is 10.2 Å². The largest absolute Gasteiger partial charge is 0.497 e. The van der Waals surface area contributed by atoms with Gasteiger partial charge >= 0.3 is 6.18 Å². The molecule has 0 spiro atoms. The Morgan fingerprint density at radius 3 is 2.43 bits per heavy atom. The van der Waals surface area contributed by atoms with Gasteiger partial charge < -0.3 is 9.30 Å². The van der Waals surface area contributed by atoms with Crippen LogP contribution in [0, 0.1) is 17.0 Å². The summed E-state index contributed by atoms with van der Waals surface area (Å²) in [5.41, 5.74) is 2.92. The highest BCUT2D eigenvalue weighted by molar-refractivity contribution is 5.80. The molecule has 0 radical (unpaired) electrons. The number of nitrogens with one attached hydrogen (secondary N) is 1. The number of alkyl halides is 3. The molecular formula is C20H17F3N4O3. The normalized spacial score (nSPS) is 11.6. The molecule has 2 aromatic carbocycles. The summed E-state index contributed by atoms with van der Waals surface area (Å²) in [6, 6.07) is 13.2. The van der Waals surface area contributed by atoms with Crippen LogP contribution in [0.5, 0.6) is 5.75 Å². The van der Waals surface area contributed by atoms with Crippen LogP contribution in [0.25, 0.3) is 5.69 Å². The van der Waals surface area contributed by atoms with Gasteiger partial charge in [-0.1, -0.05) is 0 Å². The van der Waals surface area contributed by atoms with Crippen LogP contribution in [0.15, 0.2) is 59.7 Å². The van der Waals surface area contributed by atoms with E-state index in [0.717, 1.165) is 23.5 Å². The number of anilines is 1. The Labute approximate surface area is 169 Å². The van der Waals surface area contributed by atoms with E-state index in [0.29, 0.717) is 17.5 Å². The maximum absolute atomic E-state index is 12.8. The fraction of sp³-hybridized carbons (Fsp3) is 0.150. The van der Waals surface area contributed by atoms with E-state index in [1.165, 1.54) is 6.21 Å². The fourth-order valence-electron chi connectivity index (χ4n) is 2.86. The number of methoxy groups -OCH3 is 1. The van der Waals surface area contributed by atoms with E-state index in [1.54, 1.807) is 25.3 Å². The summed E-state index contributed by atoms with van der Waals surface area (Å²) in [5.74, 6) is 0.704. The standard InChI is InChI=1S/C20H17F3N4O3/c1-13-3-5-16(26(13)15-6-8-17(30-2)9-7-15)12-24-25-18-10-4-14(20(21,22)23)11-19(18)27(28)29/h3-12,25H,1-2H3/b24-12-. The van der Waals surface area contributed by atoms with Crippen molar-refractivity contribution in [2.24, 2.45) is 5.10 Å². The molecular weight excluding hydrogens is 401 g/mol. The molecule has 0 saturated heterocycles. The van der Waals surface area contributed by atoms with Crippen LogP contribution in [0.3, 0.4) is 0 Å². The Morgan fingerprint density at radius 2 is 1.83 bits per heavy atom. The van der Waals surface area contributed by atoms with Gasteiger partial charge in [-0.15, -0.1) is 0 Å². The minimum Gasteiger partial charge on any atom is -0.497 e. The first-order valence-electron chi connectivity index (χ1n) is 8.68. The molecule has 0 aliphatic rings. The SMILES string of the molecule is COc1ccc(-n2c(C)ccc2/C=N\Nc2ccc(C(F)(F)F)cc2[N+](=O)[O-])cc1. The minimum absolute atomic E-state index is 0.150. The molecule has 0 aliphatic heterocycles. The summed E-state index contributed by atoms with van der Waals surface area (Å²) in [4.78, 5) is 10.3. The monoisotopic (exact) mass is 418 g/mol. The maximum Gasteiger partial charge on any atom is 0.416 e. The molecule has 1 aromatic heterocycles. The third-order valence-electron chi connectivity index (χ3n) is 4.34. The van der Waals surface area contributed by atoms with Crippen molar-refractivity contribution in [2.75, 3.05) is 12.5 Å². The molecule has 7 nitrogen and oxygen atoms in total. The quantitative estimate of drug-likeness (QED) is 0.340. The minimum atomic E-state index is -4.68. The zero-order chi connectivity index (χ0) is 21.9. The first kappa shape index (κ1) is 20.9. The van der Waals surface area contributed by atoms with Crippen molar-refractivity contribution in [1.29, 1.82) is 0 Å². The molecule has 30 heavy (non-hydrogen) atoms. The summed E-state index contributed by atoms with van der Waals surface area (Å²) in [6.07, 6.45) is -3.25. The number of aromatic nitrogens is 1. The summed E-state index contributed by atoms with van der Waals surface area (Å²) >= 11 is 0. The number of halogens is 3. The molecule has 10 heteroatoms. The first-order chi connectivity index (χ1) is 14.2. The summed E-state index contributed by atoms with van der Waals surface area (Å²) in [6.45, 7) is 1.90. The van der Waals surface area contributed by atoms with Gasteiger partial charge in [0, 0.05) is 17.4 Å². The molecule has 0 aliphatic carbocycles. The summed E-state index contributed by atoms with van der Waals surface area (Å²) < 4.78 is 45.5. The van der Waals surface area contributed by atoms with Crippen molar-refractivity contribution in [3.8, 4) is 11.4 Å². The average Bonchev–Trinajstić information content (AvgIpc) is 3.07. The highest BCUT2D eigenvalue weighted by Gasteiger charge is 2.33. The molecule has 0 bridgehead atoms. The number of aryl methyl sites for hydroxylation is 1. The van der Waals surface area contributed by atoms with Crippen LogP contribution >= 0.6 is 0 Å². The number of benzene rings is 2. The lowest BCUT2D eigenvalue weighted by Gasteiger charge is -2.10. The highest BCUT2D eigenvalue weighted by atomic mass is 19.4. The summed E-state index contributed by atoms with van der Waals surface area (Å²) in [5, 5.41) is 15.1. The second-order valence-corrected chi connectivity index (χ2v) is 6.29. The number of hydrogen-bond acceptors (Lipinski definition) is 5. The van der Waals surface area contributed by atoms with Crippen molar-refractivity contribution < 1.29 is 22.8 Å². The van der Waals surface area contributed by atoms with E-state index in [4.69, 9.17) is 4.74 Å². The van der Waals surface area contributed by atoms with E-state index in [2.05, 4.69) is 10.5 Å². The maximum atomic E-state index is 12.8. The third kappa shape index (κ3) is 4.43. The van der Waals surface area contributed by atoms with Crippen LogP contribution in [0.1, 0.15) is 17.0 Å². The Balaban J connectivity index is 1.87. The molecule has 3 aromatic rings. The molecule has 0 amide bonds. The van der Waals surface area contributed by atoms with Gasteiger partial charge in [-0.2, -0.15) is 18.3 Å². The van der Waals surface area contributed by atoms with Gasteiger partial charge in [0.15, 0.2) is 0 Å². The predicted octanol–water partition coefficient (Wildman–Crippen LogP) is 5.17. The van der Waals surface area contributed by atoms with Crippen molar-refractivity contribution in [2.45, 2.75) is 13.1 Å². The van der Waals surface area contributed by atoms with Gasteiger partial charge in [-0.3, -0.25) is 15.5 Å². The number of rotatable bonds is 6. The van der Waals surface area contributed by atoms with Crippen molar-refractivity contribution in [3.05, 3.63) is 81.7 Å². The van der Waals surface area contributed by atoms with Crippen molar-refractivity contribution in [3.63, 3.8) is 0 Å². The zero-order valence-corrected chi connectivity index (χ0v) is 16.0. The Morgan fingerprint density at radius 1 is 1.13 bits per heavy atom. The zero-order valence-electron chi connectivity index (χ0n) is 16.0. The molecule has 0 saturated carbocycles. The number of hydrazone groups is 1. The number of nitro groups is 1. The molecule has 3 rings (SSSR count). The van der Waals surface area contributed by atoms with Crippen molar-refractivity contribution in [1.82, 2.24) is 4.57 Å². The lowest BCUT2D eigenvalue weighted by molar-refractivity contribution is -0.384. The molecule has 156 valence electrons. The van der Waals surface area contributed by atoms with Gasteiger partial charge in [0.1, 0.15) is 11.4 Å². The Kier molecular flexibility index (Phi) is 5.77. The molecule has 0 fully saturated rings. The lowest BCUT2D eigenvalue weighted by atomic mass is 10.1. The smallest absolute Gasteiger partial charge is 0.416 e. The van der Waals surface area contributed by atoms with E-state index < -0.39 is 22.4 Å². The third-order valence-corrected chi connectivity index (χ3v) is 4.34. The van der Waals surface area contributed by atoms with E-state index in [-0.39, 0.29) is 5.69 Å². The second kappa shape index (κ2) is 8.27. The average molecular weight is 418 g/mol. The number of ether oxygens (including phenoxy) is 1. The molecule has 0 unspecified atom stereocenters. The van der Waals surface area contributed by atoms with Crippen LogP contribution in [0.2, 0.25) is 0 Å². The predicted molar refractivity (Wildman–Crippen MR) is 106 cm³/mol. The molecule has 1 N–H and O–H groups in total. The lowest BCUT2D eigenvalue weighted by Crippen LogP contribution is -2.07. The van der Waals surface area contributed by atoms with Gasteiger partial charge in [-0.25, -0.2) is 0 Å². The van der Waals surface area contributed by atoms with Crippen LogP contribution in [-0.2, 0) is 6.18 Å². The number of hydrogen-bond donors (Lipinski definition) is 1.